The molecule has 0 bridgehead atoms. The fraction of sp³-hybridized carbons (Fsp3) is 0.414. The van der Waals surface area contributed by atoms with Crippen LogP contribution < -0.4 is 11.0 Å². The maximum absolute atomic E-state index is 14.8. The molecule has 2 aliphatic heterocycles. The van der Waals surface area contributed by atoms with Crippen molar-refractivity contribution in [3.8, 4) is 0 Å². The van der Waals surface area contributed by atoms with Gasteiger partial charge in [-0.2, -0.15) is 0 Å². The molecule has 6 rings (SSSR count). The number of likely N-dealkylation sites (tertiary alicyclic amines) is 1. The number of rotatable bonds is 5. The molecule has 42 heavy (non-hydrogen) atoms. The first kappa shape index (κ1) is 27.6. The van der Waals surface area contributed by atoms with Gasteiger partial charge in [-0.3, -0.25) is 14.3 Å². The Labute approximate surface area is 239 Å². The molecule has 0 spiro atoms. The molecule has 0 aliphatic carbocycles. The minimum atomic E-state index is -0.920. The number of urea groups is 1. The molecule has 220 valence electrons. The molecular formula is C29H31F2N7O4. The van der Waals surface area contributed by atoms with Crippen molar-refractivity contribution in [3.63, 3.8) is 0 Å². The highest BCUT2D eigenvalue weighted by molar-refractivity contribution is 5.75. The lowest BCUT2D eigenvalue weighted by molar-refractivity contribution is -0.139. The van der Waals surface area contributed by atoms with Crippen molar-refractivity contribution in [1.82, 2.24) is 34.3 Å². The van der Waals surface area contributed by atoms with E-state index in [1.54, 1.807) is 34.0 Å². The number of halogens is 2. The molecule has 1 fully saturated rings. The molecule has 2 atom stereocenters. The van der Waals surface area contributed by atoms with Crippen LogP contribution in [0, 0.1) is 11.6 Å². The van der Waals surface area contributed by atoms with Gasteiger partial charge in [0.2, 0.25) is 0 Å². The van der Waals surface area contributed by atoms with Gasteiger partial charge in [0.1, 0.15) is 5.82 Å². The van der Waals surface area contributed by atoms with Crippen molar-refractivity contribution in [1.29, 1.82) is 0 Å². The quantitative estimate of drug-likeness (QED) is 0.348. The number of H-pyrrole nitrogens is 1. The number of aromatic nitrogens is 5. The number of amides is 2. The van der Waals surface area contributed by atoms with Gasteiger partial charge in [-0.15, -0.1) is 0 Å². The first-order valence-electron chi connectivity index (χ1n) is 14.0. The predicted molar refractivity (Wildman–Crippen MR) is 148 cm³/mol. The van der Waals surface area contributed by atoms with Crippen molar-refractivity contribution in [2.45, 2.75) is 56.7 Å². The number of hydrogen-bond acceptors (Lipinski definition) is 6. The Hall–Kier alpha value is -4.55. The van der Waals surface area contributed by atoms with Crippen molar-refractivity contribution >= 4 is 23.2 Å². The molecule has 0 saturated carbocycles. The summed E-state index contributed by atoms with van der Waals surface area (Å²) >= 11 is 0. The van der Waals surface area contributed by atoms with E-state index in [1.165, 1.54) is 13.2 Å². The number of esters is 1. The Kier molecular flexibility index (Phi) is 7.48. The zero-order valence-corrected chi connectivity index (χ0v) is 23.1. The Bertz CT molecular complexity index is 1690. The molecule has 5 heterocycles. The third kappa shape index (κ3) is 5.14. The van der Waals surface area contributed by atoms with Crippen LogP contribution in [0.25, 0.3) is 11.2 Å². The van der Waals surface area contributed by atoms with E-state index < -0.39 is 29.6 Å². The summed E-state index contributed by atoms with van der Waals surface area (Å²) in [7, 11) is 1.30. The molecule has 11 nitrogen and oxygen atoms in total. The highest BCUT2D eigenvalue weighted by Gasteiger charge is 2.33. The normalized spacial score (nSPS) is 19.4. The monoisotopic (exact) mass is 579 g/mol. The summed E-state index contributed by atoms with van der Waals surface area (Å²) in [4.78, 5) is 51.4. The Balaban J connectivity index is 1.19. The van der Waals surface area contributed by atoms with Crippen LogP contribution in [0.15, 0.2) is 47.5 Å². The lowest BCUT2D eigenvalue weighted by Gasteiger charge is -2.33. The molecule has 4 aromatic rings. The van der Waals surface area contributed by atoms with Crippen molar-refractivity contribution < 1.29 is 23.1 Å². The summed E-state index contributed by atoms with van der Waals surface area (Å²) in [6.45, 7) is 1.16. The molecule has 1 saturated heterocycles. The number of nitrogens with one attached hydrogen (secondary N) is 2. The third-order valence-electron chi connectivity index (χ3n) is 8.37. The number of imidazole rings is 2. The van der Waals surface area contributed by atoms with Crippen LogP contribution in [0.3, 0.4) is 0 Å². The van der Waals surface area contributed by atoms with Gasteiger partial charge >= 0.3 is 17.7 Å². The second-order valence-electron chi connectivity index (χ2n) is 10.8. The van der Waals surface area contributed by atoms with Crippen LogP contribution in [0.5, 0.6) is 0 Å². The highest BCUT2D eigenvalue weighted by Crippen LogP contribution is 2.35. The number of nitrogens with zero attached hydrogens (tertiary/aromatic N) is 5. The molecule has 3 aromatic heterocycles. The summed E-state index contributed by atoms with van der Waals surface area (Å²) in [6.07, 6.45) is 5.25. The van der Waals surface area contributed by atoms with Crippen LogP contribution in [0.4, 0.5) is 13.6 Å². The minimum Gasteiger partial charge on any atom is -0.469 e. The number of carbonyl (C=O) groups is 2. The smallest absolute Gasteiger partial charge is 0.327 e. The maximum Gasteiger partial charge on any atom is 0.327 e. The van der Waals surface area contributed by atoms with Gasteiger partial charge in [0.25, 0.3) is 0 Å². The topological polar surface area (TPSA) is 127 Å². The lowest BCUT2D eigenvalue weighted by atomic mass is 9.92. The van der Waals surface area contributed by atoms with Gasteiger partial charge in [0.05, 0.1) is 25.1 Å². The van der Waals surface area contributed by atoms with Gasteiger partial charge in [-0.25, -0.2) is 28.3 Å². The fourth-order valence-corrected chi connectivity index (χ4v) is 6.20. The second kappa shape index (κ2) is 11.4. The molecule has 0 radical (unpaired) electrons. The van der Waals surface area contributed by atoms with Gasteiger partial charge in [0.15, 0.2) is 17.3 Å². The van der Waals surface area contributed by atoms with Crippen LogP contribution in [0.1, 0.15) is 60.8 Å². The predicted octanol–water partition coefficient (Wildman–Crippen LogP) is 3.58. The summed E-state index contributed by atoms with van der Waals surface area (Å²) in [5.74, 6) is -2.11. The summed E-state index contributed by atoms with van der Waals surface area (Å²) in [5, 5.41) is 3.09. The first-order valence-corrected chi connectivity index (χ1v) is 14.0. The van der Waals surface area contributed by atoms with Crippen molar-refractivity contribution in [2.24, 2.45) is 0 Å². The van der Waals surface area contributed by atoms with Crippen molar-refractivity contribution in [2.75, 3.05) is 20.2 Å². The molecule has 2 N–H and O–H groups in total. The fourth-order valence-electron chi connectivity index (χ4n) is 6.20. The number of hydrogen-bond donors (Lipinski definition) is 2. The zero-order chi connectivity index (χ0) is 29.4. The molecule has 0 unspecified atom stereocenters. The van der Waals surface area contributed by atoms with Gasteiger partial charge in [0, 0.05) is 49.7 Å². The summed E-state index contributed by atoms with van der Waals surface area (Å²) in [5.41, 5.74) is 1.87. The SMILES string of the molecule is COC(=O)Cc1cnc2n1C[C@H](c1cccc(F)c1F)CC[C@H]2NC(=O)N1CCC(n2c(=O)[nH]c3ncccc32)CC1. The van der Waals surface area contributed by atoms with E-state index in [0.717, 1.165) is 11.6 Å². The number of aromatic amines is 1. The van der Waals surface area contributed by atoms with E-state index in [1.807, 2.05) is 10.6 Å². The van der Waals surface area contributed by atoms with E-state index in [4.69, 9.17) is 4.74 Å². The molecule has 2 amide bonds. The average molecular weight is 580 g/mol. The number of pyridine rings is 1. The minimum absolute atomic E-state index is 0.0429. The highest BCUT2D eigenvalue weighted by atomic mass is 19.2. The molecule has 2 aliphatic rings. The van der Waals surface area contributed by atoms with Crippen LogP contribution in [-0.4, -0.2) is 61.2 Å². The number of methoxy groups -OCH3 is 1. The number of benzene rings is 1. The number of carbonyl (C=O) groups excluding carboxylic acids is 2. The second-order valence-corrected chi connectivity index (χ2v) is 10.8. The first-order chi connectivity index (χ1) is 20.3. The third-order valence-corrected chi connectivity index (χ3v) is 8.37. The molecule has 13 heteroatoms. The molecule has 1 aromatic carbocycles. The van der Waals surface area contributed by atoms with Crippen LogP contribution >= 0.6 is 0 Å². The van der Waals surface area contributed by atoms with Gasteiger partial charge in [-0.1, -0.05) is 12.1 Å². The van der Waals surface area contributed by atoms with E-state index in [9.17, 15) is 23.2 Å². The summed E-state index contributed by atoms with van der Waals surface area (Å²) in [6, 6.07) is 6.92. The van der Waals surface area contributed by atoms with Crippen molar-refractivity contribution in [3.05, 3.63) is 81.9 Å². The van der Waals surface area contributed by atoms with Crippen LogP contribution in [-0.2, 0) is 22.5 Å². The Morgan fingerprint density at radius 3 is 2.69 bits per heavy atom. The largest absolute Gasteiger partial charge is 0.469 e. The lowest BCUT2D eigenvalue weighted by Crippen LogP contribution is -2.46. The van der Waals surface area contributed by atoms with Gasteiger partial charge < -0.3 is 19.5 Å². The van der Waals surface area contributed by atoms with E-state index >= 15 is 0 Å². The van der Waals surface area contributed by atoms with E-state index in [2.05, 4.69) is 20.3 Å². The maximum atomic E-state index is 14.8. The number of piperidine rings is 1. The summed E-state index contributed by atoms with van der Waals surface area (Å²) < 4.78 is 37.3. The average Bonchev–Trinajstić information content (AvgIpc) is 3.49. The van der Waals surface area contributed by atoms with E-state index in [0.29, 0.717) is 55.9 Å². The number of ether oxygens (including phenoxy) is 1. The Morgan fingerprint density at radius 2 is 1.90 bits per heavy atom. The van der Waals surface area contributed by atoms with Crippen LogP contribution in [0.2, 0.25) is 0 Å². The standard InChI is InChI=1S/C29H31F2N7O4/c1-42-24(39)14-19-15-33-27-22(8-7-17(16-37(19)27)20-4-2-5-21(30)25(20)31)34-28(40)36-12-9-18(10-13-36)38-23-6-3-11-32-26(23)35-29(38)41/h2-6,11,15,17-18,22H,7-10,12-14,16H2,1H3,(H,34,40)(H,32,35,41)/t17-,22-/m1/s1. The number of fused-ring (bicyclic) bond motifs is 2. The zero-order valence-electron chi connectivity index (χ0n) is 23.1. The Morgan fingerprint density at radius 1 is 1.10 bits per heavy atom. The van der Waals surface area contributed by atoms with E-state index in [-0.39, 0.29) is 36.3 Å². The van der Waals surface area contributed by atoms with Gasteiger partial charge in [-0.05, 0) is 49.4 Å². The molecular weight excluding hydrogens is 548 g/mol.